The van der Waals surface area contributed by atoms with Crippen LogP contribution in [-0.4, -0.2) is 28.7 Å². The molecule has 1 saturated heterocycles. The van der Waals surface area contributed by atoms with Gasteiger partial charge in [0.25, 0.3) is 0 Å². The number of likely N-dealkylation sites (tertiary alicyclic amines) is 1. The predicted molar refractivity (Wildman–Crippen MR) is 75.0 cm³/mol. The number of anilines is 1. The molecule has 5 nitrogen and oxygen atoms in total. The first-order chi connectivity index (χ1) is 9.52. The van der Waals surface area contributed by atoms with E-state index < -0.39 is 6.04 Å². The van der Waals surface area contributed by atoms with Crippen molar-refractivity contribution >= 4 is 23.4 Å². The third-order valence-corrected chi connectivity index (χ3v) is 3.49. The van der Waals surface area contributed by atoms with Gasteiger partial charge in [0.1, 0.15) is 6.04 Å². The lowest BCUT2D eigenvalue weighted by Crippen LogP contribution is -2.44. The molecule has 5 heteroatoms. The molecule has 0 aromatic heterocycles. The van der Waals surface area contributed by atoms with Crippen LogP contribution in [0.4, 0.5) is 5.69 Å². The Balaban J connectivity index is 2.03. The first-order valence-electron chi connectivity index (χ1n) is 6.77. The number of rotatable bonds is 4. The molecule has 0 aliphatic carbocycles. The third-order valence-electron chi connectivity index (χ3n) is 3.49. The van der Waals surface area contributed by atoms with Crippen molar-refractivity contribution in [2.75, 3.05) is 5.32 Å². The van der Waals surface area contributed by atoms with Gasteiger partial charge >= 0.3 is 0 Å². The number of carbonyl (C=O) groups is 3. The molecule has 0 spiro atoms. The second kappa shape index (κ2) is 5.86. The van der Waals surface area contributed by atoms with Crippen LogP contribution >= 0.6 is 0 Å². The predicted octanol–water partition coefficient (Wildman–Crippen LogP) is 1.72. The number of hydrogen-bond acceptors (Lipinski definition) is 3. The largest absolute Gasteiger partial charge is 0.324 e. The summed E-state index contributed by atoms with van der Waals surface area (Å²) in [5.41, 5.74) is 1.85. The van der Waals surface area contributed by atoms with Gasteiger partial charge in [0.2, 0.25) is 17.7 Å². The van der Waals surface area contributed by atoms with Gasteiger partial charge in [0.15, 0.2) is 0 Å². The Morgan fingerprint density at radius 3 is 2.25 bits per heavy atom. The number of nitrogens with zero attached hydrogens (tertiary/aromatic N) is 1. The summed E-state index contributed by atoms with van der Waals surface area (Å²) < 4.78 is 0. The van der Waals surface area contributed by atoms with Crippen LogP contribution in [0.2, 0.25) is 0 Å². The molecule has 20 heavy (non-hydrogen) atoms. The van der Waals surface area contributed by atoms with Gasteiger partial charge < -0.3 is 5.32 Å². The fourth-order valence-corrected chi connectivity index (χ4v) is 2.21. The Bertz CT molecular complexity index is 521. The van der Waals surface area contributed by atoms with Crippen molar-refractivity contribution in [2.24, 2.45) is 0 Å². The zero-order chi connectivity index (χ0) is 14.7. The molecule has 1 atom stereocenters. The van der Waals surface area contributed by atoms with Crippen LogP contribution in [0.1, 0.15) is 32.3 Å². The van der Waals surface area contributed by atoms with E-state index in [-0.39, 0.29) is 30.6 Å². The van der Waals surface area contributed by atoms with E-state index in [1.54, 1.807) is 6.92 Å². The number of amides is 3. The summed E-state index contributed by atoms with van der Waals surface area (Å²) in [5.74, 6) is -0.907. The van der Waals surface area contributed by atoms with E-state index in [2.05, 4.69) is 12.2 Å². The van der Waals surface area contributed by atoms with Crippen molar-refractivity contribution in [3.05, 3.63) is 29.8 Å². The highest BCUT2D eigenvalue weighted by molar-refractivity contribution is 6.07. The lowest BCUT2D eigenvalue weighted by atomic mass is 10.1. The third kappa shape index (κ3) is 2.87. The molecule has 2 rings (SSSR count). The number of imide groups is 1. The maximum absolute atomic E-state index is 12.1. The maximum atomic E-state index is 12.1. The number of carbonyl (C=O) groups excluding carboxylic acids is 3. The molecular formula is C15H18N2O3. The zero-order valence-electron chi connectivity index (χ0n) is 11.7. The van der Waals surface area contributed by atoms with Gasteiger partial charge in [-0.3, -0.25) is 19.3 Å². The number of benzene rings is 1. The average Bonchev–Trinajstić information content (AvgIpc) is 2.78. The standard InChI is InChI=1S/C15H18N2O3/c1-3-11-4-6-12(7-5-11)16-15(20)10(2)17-13(18)8-9-14(17)19/h4-7,10H,3,8-9H2,1-2H3,(H,16,20)/t10-/m1/s1. The van der Waals surface area contributed by atoms with Crippen LogP contribution in [0.15, 0.2) is 24.3 Å². The van der Waals surface area contributed by atoms with Crippen molar-refractivity contribution in [3.63, 3.8) is 0 Å². The molecule has 0 bridgehead atoms. The van der Waals surface area contributed by atoms with Crippen molar-refractivity contribution in [1.82, 2.24) is 4.90 Å². The van der Waals surface area contributed by atoms with Crippen LogP contribution < -0.4 is 5.32 Å². The van der Waals surface area contributed by atoms with Gasteiger partial charge in [0.05, 0.1) is 0 Å². The molecule has 1 aromatic carbocycles. The lowest BCUT2D eigenvalue weighted by Gasteiger charge is -2.21. The van der Waals surface area contributed by atoms with E-state index in [1.807, 2.05) is 24.3 Å². The average molecular weight is 274 g/mol. The second-order valence-electron chi connectivity index (χ2n) is 4.87. The topological polar surface area (TPSA) is 66.5 Å². The Morgan fingerprint density at radius 1 is 1.20 bits per heavy atom. The minimum atomic E-state index is -0.775. The highest BCUT2D eigenvalue weighted by Crippen LogP contribution is 2.17. The van der Waals surface area contributed by atoms with E-state index in [0.717, 1.165) is 11.3 Å². The minimum absolute atomic E-state index is 0.196. The van der Waals surface area contributed by atoms with Gasteiger partial charge in [-0.05, 0) is 31.0 Å². The first-order valence-corrected chi connectivity index (χ1v) is 6.77. The number of aryl methyl sites for hydroxylation is 1. The molecule has 3 amide bonds. The smallest absolute Gasteiger partial charge is 0.247 e. The molecule has 0 unspecified atom stereocenters. The fraction of sp³-hybridized carbons (Fsp3) is 0.400. The summed E-state index contributed by atoms with van der Waals surface area (Å²) >= 11 is 0. The minimum Gasteiger partial charge on any atom is -0.324 e. The summed E-state index contributed by atoms with van der Waals surface area (Å²) in [4.78, 5) is 36.3. The van der Waals surface area contributed by atoms with Crippen molar-refractivity contribution in [1.29, 1.82) is 0 Å². The van der Waals surface area contributed by atoms with E-state index in [4.69, 9.17) is 0 Å². The summed E-state index contributed by atoms with van der Waals surface area (Å²) in [7, 11) is 0. The molecule has 0 saturated carbocycles. The fourth-order valence-electron chi connectivity index (χ4n) is 2.21. The summed E-state index contributed by atoms with van der Waals surface area (Å²) in [6, 6.07) is 6.73. The molecule has 1 aliphatic heterocycles. The Labute approximate surface area is 118 Å². The molecular weight excluding hydrogens is 256 g/mol. The van der Waals surface area contributed by atoms with E-state index in [0.29, 0.717) is 5.69 Å². The molecule has 1 heterocycles. The molecule has 106 valence electrons. The lowest BCUT2D eigenvalue weighted by molar-refractivity contribution is -0.144. The van der Waals surface area contributed by atoms with E-state index in [9.17, 15) is 14.4 Å². The van der Waals surface area contributed by atoms with Crippen LogP contribution in [0.3, 0.4) is 0 Å². The van der Waals surface area contributed by atoms with Crippen LogP contribution in [0.25, 0.3) is 0 Å². The summed E-state index contributed by atoms with van der Waals surface area (Å²) in [6.07, 6.45) is 1.32. The van der Waals surface area contributed by atoms with Gasteiger partial charge in [-0.2, -0.15) is 0 Å². The first kappa shape index (κ1) is 14.2. The van der Waals surface area contributed by atoms with E-state index in [1.165, 1.54) is 5.56 Å². The van der Waals surface area contributed by atoms with Crippen molar-refractivity contribution in [3.8, 4) is 0 Å². The molecule has 1 aromatic rings. The van der Waals surface area contributed by atoms with Crippen LogP contribution in [0.5, 0.6) is 0 Å². The highest BCUT2D eigenvalue weighted by Gasteiger charge is 2.36. The Kier molecular flexibility index (Phi) is 4.17. The Morgan fingerprint density at radius 2 is 1.75 bits per heavy atom. The second-order valence-corrected chi connectivity index (χ2v) is 4.87. The zero-order valence-corrected chi connectivity index (χ0v) is 11.7. The summed E-state index contributed by atoms with van der Waals surface area (Å²) in [5, 5.41) is 2.73. The maximum Gasteiger partial charge on any atom is 0.247 e. The van der Waals surface area contributed by atoms with Gasteiger partial charge in [0, 0.05) is 18.5 Å². The van der Waals surface area contributed by atoms with Crippen molar-refractivity contribution in [2.45, 2.75) is 39.2 Å². The number of nitrogens with one attached hydrogen (secondary N) is 1. The Hall–Kier alpha value is -2.17. The molecule has 1 fully saturated rings. The monoisotopic (exact) mass is 274 g/mol. The SMILES string of the molecule is CCc1ccc(NC(=O)[C@@H](C)N2C(=O)CCC2=O)cc1. The van der Waals surface area contributed by atoms with Gasteiger partial charge in [-0.25, -0.2) is 0 Å². The van der Waals surface area contributed by atoms with Gasteiger partial charge in [-0.1, -0.05) is 19.1 Å². The van der Waals surface area contributed by atoms with Crippen LogP contribution in [-0.2, 0) is 20.8 Å². The number of hydrogen-bond donors (Lipinski definition) is 1. The normalized spacial score (nSPS) is 16.4. The quantitative estimate of drug-likeness (QED) is 0.850. The van der Waals surface area contributed by atoms with Crippen molar-refractivity contribution < 1.29 is 14.4 Å². The molecule has 1 N–H and O–H groups in total. The summed E-state index contributed by atoms with van der Waals surface area (Å²) in [6.45, 7) is 3.62. The molecule has 0 radical (unpaired) electrons. The van der Waals surface area contributed by atoms with Gasteiger partial charge in [-0.15, -0.1) is 0 Å². The molecule has 1 aliphatic rings. The van der Waals surface area contributed by atoms with Crippen LogP contribution in [0, 0.1) is 0 Å². The highest BCUT2D eigenvalue weighted by atomic mass is 16.2. The van der Waals surface area contributed by atoms with E-state index >= 15 is 0 Å².